The third kappa shape index (κ3) is 5.81. The van der Waals surface area contributed by atoms with Gasteiger partial charge in [-0.1, -0.05) is 23.7 Å². The van der Waals surface area contributed by atoms with Crippen molar-refractivity contribution >= 4 is 23.2 Å². The highest BCUT2D eigenvalue weighted by Crippen LogP contribution is 2.35. The molecule has 5 nitrogen and oxygen atoms in total. The average Bonchev–Trinajstić information content (AvgIpc) is 2.64. The number of rotatable bonds is 9. The number of benzene rings is 2. The van der Waals surface area contributed by atoms with Crippen LogP contribution in [0.2, 0.25) is 5.02 Å². The Hall–Kier alpha value is -2.47. The summed E-state index contributed by atoms with van der Waals surface area (Å²) in [4.78, 5) is 11.9. The van der Waals surface area contributed by atoms with Gasteiger partial charge in [0.05, 0.1) is 24.9 Å². The van der Waals surface area contributed by atoms with E-state index in [4.69, 9.17) is 21.1 Å². The van der Waals surface area contributed by atoms with E-state index < -0.39 is 0 Å². The molecule has 0 saturated carbocycles. The highest BCUT2D eigenvalue weighted by atomic mass is 35.5. The second-order valence-corrected chi connectivity index (χ2v) is 6.00. The predicted octanol–water partition coefficient (Wildman–Crippen LogP) is 3.66. The number of methoxy groups -OCH3 is 2. The van der Waals surface area contributed by atoms with Crippen molar-refractivity contribution in [1.82, 2.24) is 5.32 Å². The molecule has 0 aromatic heterocycles. The van der Waals surface area contributed by atoms with E-state index in [0.29, 0.717) is 48.1 Å². The zero-order valence-corrected chi connectivity index (χ0v) is 15.5. The van der Waals surface area contributed by atoms with Crippen LogP contribution in [0.1, 0.15) is 12.0 Å². The smallest absolute Gasteiger partial charge is 0.221 e. The van der Waals surface area contributed by atoms with E-state index in [1.807, 2.05) is 0 Å². The molecule has 0 spiro atoms. The first-order chi connectivity index (χ1) is 12.5. The fourth-order valence-electron chi connectivity index (χ4n) is 2.40. The van der Waals surface area contributed by atoms with E-state index in [1.54, 1.807) is 31.4 Å². The Morgan fingerprint density at radius 1 is 1.08 bits per heavy atom. The molecular formula is C19H22ClFN2O3. The van der Waals surface area contributed by atoms with Crippen molar-refractivity contribution in [2.24, 2.45) is 0 Å². The summed E-state index contributed by atoms with van der Waals surface area (Å²) in [5.41, 5.74) is 1.68. The third-order valence-corrected chi connectivity index (χ3v) is 4.09. The van der Waals surface area contributed by atoms with Crippen LogP contribution in [0, 0.1) is 5.82 Å². The number of hydrogen-bond acceptors (Lipinski definition) is 4. The summed E-state index contributed by atoms with van der Waals surface area (Å²) in [5.74, 6) is 0.767. The lowest BCUT2D eigenvalue weighted by atomic mass is 10.1. The molecular weight excluding hydrogens is 359 g/mol. The van der Waals surface area contributed by atoms with Crippen molar-refractivity contribution < 1.29 is 18.7 Å². The van der Waals surface area contributed by atoms with Crippen molar-refractivity contribution in [2.75, 3.05) is 32.6 Å². The Bertz CT molecular complexity index is 738. The summed E-state index contributed by atoms with van der Waals surface area (Å²) in [7, 11) is 3.08. The van der Waals surface area contributed by atoms with Gasteiger partial charge < -0.3 is 20.1 Å². The molecule has 2 N–H and O–H groups in total. The number of ether oxygens (including phenoxy) is 2. The van der Waals surface area contributed by atoms with Crippen LogP contribution in [0.25, 0.3) is 0 Å². The predicted molar refractivity (Wildman–Crippen MR) is 101 cm³/mol. The molecule has 0 aliphatic heterocycles. The first-order valence-electron chi connectivity index (χ1n) is 8.20. The Balaban J connectivity index is 1.76. The van der Waals surface area contributed by atoms with Crippen molar-refractivity contribution in [2.45, 2.75) is 12.8 Å². The fraction of sp³-hybridized carbons (Fsp3) is 0.316. The van der Waals surface area contributed by atoms with Crippen LogP contribution in [-0.4, -0.2) is 33.2 Å². The number of amides is 1. The van der Waals surface area contributed by atoms with E-state index in [9.17, 15) is 9.18 Å². The van der Waals surface area contributed by atoms with Gasteiger partial charge in [0.15, 0.2) is 0 Å². The molecule has 0 bridgehead atoms. The van der Waals surface area contributed by atoms with Gasteiger partial charge in [-0.15, -0.1) is 0 Å². The zero-order chi connectivity index (χ0) is 18.9. The Kier molecular flexibility index (Phi) is 7.53. The molecule has 0 radical (unpaired) electrons. The molecule has 2 aromatic rings. The van der Waals surface area contributed by atoms with Crippen LogP contribution < -0.4 is 20.1 Å². The van der Waals surface area contributed by atoms with E-state index in [-0.39, 0.29) is 11.7 Å². The van der Waals surface area contributed by atoms with E-state index >= 15 is 0 Å². The van der Waals surface area contributed by atoms with E-state index in [2.05, 4.69) is 10.6 Å². The minimum atomic E-state index is -0.266. The lowest BCUT2D eigenvalue weighted by molar-refractivity contribution is -0.120. The summed E-state index contributed by atoms with van der Waals surface area (Å²) >= 11 is 6.06. The monoisotopic (exact) mass is 380 g/mol. The summed E-state index contributed by atoms with van der Waals surface area (Å²) in [6.07, 6.45) is 0.958. The van der Waals surface area contributed by atoms with Crippen molar-refractivity contribution in [3.8, 4) is 11.5 Å². The molecule has 26 heavy (non-hydrogen) atoms. The molecule has 0 atom stereocenters. The topological polar surface area (TPSA) is 59.6 Å². The second-order valence-electron chi connectivity index (χ2n) is 5.59. The van der Waals surface area contributed by atoms with Crippen LogP contribution in [0.15, 0.2) is 36.4 Å². The largest absolute Gasteiger partial charge is 0.495 e. The second kappa shape index (κ2) is 9.87. The molecule has 1 amide bonds. The fourth-order valence-corrected chi connectivity index (χ4v) is 2.63. The van der Waals surface area contributed by atoms with Gasteiger partial charge in [-0.2, -0.15) is 0 Å². The maximum absolute atomic E-state index is 12.8. The maximum atomic E-state index is 12.8. The van der Waals surface area contributed by atoms with Crippen molar-refractivity contribution in [3.05, 3.63) is 52.8 Å². The van der Waals surface area contributed by atoms with Gasteiger partial charge in [0.2, 0.25) is 5.91 Å². The van der Waals surface area contributed by atoms with Gasteiger partial charge in [0.1, 0.15) is 17.3 Å². The first-order valence-corrected chi connectivity index (χ1v) is 8.58. The molecule has 0 unspecified atom stereocenters. The van der Waals surface area contributed by atoms with E-state index in [1.165, 1.54) is 19.2 Å². The number of anilines is 1. The van der Waals surface area contributed by atoms with Crippen LogP contribution >= 0.6 is 11.6 Å². The molecule has 0 aliphatic rings. The van der Waals surface area contributed by atoms with Crippen LogP contribution in [-0.2, 0) is 11.2 Å². The third-order valence-electron chi connectivity index (χ3n) is 3.79. The maximum Gasteiger partial charge on any atom is 0.221 e. The molecule has 0 aliphatic carbocycles. The summed E-state index contributed by atoms with van der Waals surface area (Å²) in [6, 6.07) is 9.63. The average molecular weight is 381 g/mol. The zero-order valence-electron chi connectivity index (χ0n) is 14.8. The number of halogens is 2. The molecule has 2 aromatic carbocycles. The van der Waals surface area contributed by atoms with Crippen LogP contribution in [0.3, 0.4) is 0 Å². The molecule has 0 heterocycles. The number of hydrogen-bond donors (Lipinski definition) is 2. The van der Waals surface area contributed by atoms with Crippen LogP contribution in [0.5, 0.6) is 11.5 Å². The van der Waals surface area contributed by atoms with Gasteiger partial charge >= 0.3 is 0 Å². The summed E-state index contributed by atoms with van der Waals surface area (Å²) in [5, 5.41) is 6.44. The SMILES string of the molecule is COc1cc(NCCC(=O)NCCc2ccc(F)cc2)c(OC)cc1Cl. The van der Waals surface area contributed by atoms with Gasteiger partial charge in [0.25, 0.3) is 0 Å². The summed E-state index contributed by atoms with van der Waals surface area (Å²) < 4.78 is 23.3. The Morgan fingerprint density at radius 3 is 2.42 bits per heavy atom. The Morgan fingerprint density at radius 2 is 1.77 bits per heavy atom. The van der Waals surface area contributed by atoms with Gasteiger partial charge in [0, 0.05) is 31.6 Å². The number of nitrogens with one attached hydrogen (secondary N) is 2. The van der Waals surface area contributed by atoms with Gasteiger partial charge in [-0.05, 0) is 24.1 Å². The highest BCUT2D eigenvalue weighted by molar-refractivity contribution is 6.32. The highest BCUT2D eigenvalue weighted by Gasteiger charge is 2.10. The molecule has 140 valence electrons. The van der Waals surface area contributed by atoms with E-state index in [0.717, 1.165) is 5.56 Å². The minimum Gasteiger partial charge on any atom is -0.495 e. The lowest BCUT2D eigenvalue weighted by Gasteiger charge is -2.14. The minimum absolute atomic E-state index is 0.0699. The van der Waals surface area contributed by atoms with Crippen molar-refractivity contribution in [3.63, 3.8) is 0 Å². The Labute approximate surface area is 157 Å². The van der Waals surface area contributed by atoms with Gasteiger partial charge in [-0.3, -0.25) is 4.79 Å². The van der Waals surface area contributed by atoms with Gasteiger partial charge in [-0.25, -0.2) is 4.39 Å². The molecule has 7 heteroatoms. The molecule has 0 fully saturated rings. The van der Waals surface area contributed by atoms with Crippen molar-refractivity contribution in [1.29, 1.82) is 0 Å². The summed E-state index contributed by atoms with van der Waals surface area (Å²) in [6.45, 7) is 0.937. The number of carbonyl (C=O) groups excluding carboxylic acids is 1. The van der Waals surface area contributed by atoms with Crippen LogP contribution in [0.4, 0.5) is 10.1 Å². The number of carbonyl (C=O) groups is 1. The molecule has 2 rings (SSSR count). The lowest BCUT2D eigenvalue weighted by Crippen LogP contribution is -2.27. The normalized spacial score (nSPS) is 10.3. The quantitative estimate of drug-likeness (QED) is 0.697. The standard InChI is InChI=1S/C19H22ClFN2O3/c1-25-17-12-16(18(26-2)11-15(17)20)22-10-8-19(24)23-9-7-13-3-5-14(21)6-4-13/h3-6,11-12,22H,7-10H2,1-2H3,(H,23,24). The molecule has 0 saturated heterocycles. The first kappa shape index (κ1) is 19.8.